The predicted octanol–water partition coefficient (Wildman–Crippen LogP) is 1.28. The highest BCUT2D eigenvalue weighted by Gasteiger charge is 2.23. The first-order valence-electron chi connectivity index (χ1n) is 10.7. The van der Waals surface area contributed by atoms with Gasteiger partial charge in [-0.1, -0.05) is 0 Å². The Kier molecular flexibility index (Phi) is 6.57. The summed E-state index contributed by atoms with van der Waals surface area (Å²) in [6.45, 7) is 4.46. The molecule has 2 saturated heterocycles. The van der Waals surface area contributed by atoms with Crippen LogP contribution in [0.4, 0.5) is 5.69 Å². The van der Waals surface area contributed by atoms with Crippen LogP contribution in [0.2, 0.25) is 0 Å². The molecule has 2 aliphatic heterocycles. The lowest BCUT2D eigenvalue weighted by molar-refractivity contribution is -0.131. The summed E-state index contributed by atoms with van der Waals surface area (Å²) < 4.78 is 0. The average molecular weight is 422 g/mol. The molecular weight excluding hydrogens is 394 g/mol. The van der Waals surface area contributed by atoms with Crippen molar-refractivity contribution in [2.24, 2.45) is 0 Å². The molecule has 0 bridgehead atoms. The SMILES string of the molecule is O=C(NCC(=O)N1CCN(Cc2ccncc2)CC1)c1ccc(N2CCCC2=O)cc1. The van der Waals surface area contributed by atoms with Crippen LogP contribution < -0.4 is 10.2 Å². The van der Waals surface area contributed by atoms with Crippen molar-refractivity contribution in [3.05, 3.63) is 59.9 Å². The Morgan fingerprint density at radius 2 is 1.65 bits per heavy atom. The summed E-state index contributed by atoms with van der Waals surface area (Å²) >= 11 is 0. The molecule has 0 aliphatic carbocycles. The number of anilines is 1. The van der Waals surface area contributed by atoms with Crippen LogP contribution in [-0.2, 0) is 16.1 Å². The van der Waals surface area contributed by atoms with Gasteiger partial charge in [0, 0.05) is 69.3 Å². The number of nitrogens with one attached hydrogen (secondary N) is 1. The molecule has 4 rings (SSSR count). The van der Waals surface area contributed by atoms with Crippen molar-refractivity contribution in [3.8, 4) is 0 Å². The molecule has 0 spiro atoms. The molecule has 8 nitrogen and oxygen atoms in total. The van der Waals surface area contributed by atoms with Crippen molar-refractivity contribution in [2.75, 3.05) is 44.2 Å². The van der Waals surface area contributed by atoms with Crippen LogP contribution in [0.25, 0.3) is 0 Å². The van der Waals surface area contributed by atoms with E-state index < -0.39 is 0 Å². The normalized spacial score (nSPS) is 17.1. The van der Waals surface area contributed by atoms with Crippen LogP contribution in [0.1, 0.15) is 28.8 Å². The van der Waals surface area contributed by atoms with E-state index in [9.17, 15) is 14.4 Å². The lowest BCUT2D eigenvalue weighted by atomic mass is 10.2. The lowest BCUT2D eigenvalue weighted by Gasteiger charge is -2.34. The molecule has 1 aromatic carbocycles. The molecule has 2 aliphatic rings. The van der Waals surface area contributed by atoms with Crippen molar-refractivity contribution >= 4 is 23.4 Å². The number of aromatic nitrogens is 1. The van der Waals surface area contributed by atoms with Crippen LogP contribution in [0.5, 0.6) is 0 Å². The Morgan fingerprint density at radius 3 is 2.29 bits per heavy atom. The van der Waals surface area contributed by atoms with Gasteiger partial charge in [-0.3, -0.25) is 24.3 Å². The molecule has 2 aromatic rings. The number of piperazine rings is 1. The van der Waals surface area contributed by atoms with Gasteiger partial charge in [0.15, 0.2) is 0 Å². The number of nitrogens with zero attached hydrogens (tertiary/aromatic N) is 4. The molecular formula is C23H27N5O3. The Morgan fingerprint density at radius 1 is 0.935 bits per heavy atom. The zero-order valence-electron chi connectivity index (χ0n) is 17.5. The average Bonchev–Trinajstić information content (AvgIpc) is 3.24. The monoisotopic (exact) mass is 421 g/mol. The molecule has 0 atom stereocenters. The van der Waals surface area contributed by atoms with E-state index in [1.165, 1.54) is 5.56 Å². The van der Waals surface area contributed by atoms with E-state index in [-0.39, 0.29) is 24.3 Å². The third kappa shape index (κ3) is 5.27. The minimum absolute atomic E-state index is 0.0183. The van der Waals surface area contributed by atoms with Crippen molar-refractivity contribution in [1.29, 1.82) is 0 Å². The first-order chi connectivity index (χ1) is 15.1. The zero-order chi connectivity index (χ0) is 21.6. The van der Waals surface area contributed by atoms with Crippen molar-refractivity contribution in [3.63, 3.8) is 0 Å². The van der Waals surface area contributed by atoms with Gasteiger partial charge in [-0.05, 0) is 48.4 Å². The van der Waals surface area contributed by atoms with Gasteiger partial charge in [-0.2, -0.15) is 0 Å². The summed E-state index contributed by atoms with van der Waals surface area (Å²) in [5.74, 6) is -0.246. The van der Waals surface area contributed by atoms with Crippen LogP contribution in [0.15, 0.2) is 48.8 Å². The van der Waals surface area contributed by atoms with Crippen molar-refractivity contribution in [1.82, 2.24) is 20.1 Å². The minimum atomic E-state index is -0.288. The molecule has 1 N–H and O–H groups in total. The molecule has 2 fully saturated rings. The van der Waals surface area contributed by atoms with Gasteiger partial charge in [-0.25, -0.2) is 0 Å². The van der Waals surface area contributed by atoms with Gasteiger partial charge in [0.2, 0.25) is 11.8 Å². The zero-order valence-corrected chi connectivity index (χ0v) is 17.5. The number of rotatable bonds is 6. The van der Waals surface area contributed by atoms with E-state index in [1.807, 2.05) is 12.1 Å². The second-order valence-corrected chi connectivity index (χ2v) is 7.89. The molecule has 0 unspecified atom stereocenters. The van der Waals surface area contributed by atoms with E-state index in [1.54, 1.807) is 46.5 Å². The quantitative estimate of drug-likeness (QED) is 0.760. The summed E-state index contributed by atoms with van der Waals surface area (Å²) in [5.41, 5.74) is 2.49. The van der Waals surface area contributed by atoms with Crippen LogP contribution >= 0.6 is 0 Å². The number of carbonyl (C=O) groups excluding carboxylic acids is 3. The van der Waals surface area contributed by atoms with Crippen molar-refractivity contribution in [2.45, 2.75) is 19.4 Å². The van der Waals surface area contributed by atoms with Gasteiger partial charge in [0.25, 0.3) is 5.91 Å². The number of carbonyl (C=O) groups is 3. The Balaban J connectivity index is 1.21. The Bertz CT molecular complexity index is 924. The fraction of sp³-hybridized carbons (Fsp3) is 0.391. The maximum Gasteiger partial charge on any atom is 0.251 e. The largest absolute Gasteiger partial charge is 0.343 e. The minimum Gasteiger partial charge on any atom is -0.343 e. The summed E-state index contributed by atoms with van der Waals surface area (Å²) in [7, 11) is 0. The van der Waals surface area contributed by atoms with Crippen LogP contribution in [0, 0.1) is 0 Å². The van der Waals surface area contributed by atoms with Gasteiger partial charge in [0.05, 0.1) is 6.54 Å². The van der Waals surface area contributed by atoms with E-state index >= 15 is 0 Å². The van der Waals surface area contributed by atoms with E-state index in [0.29, 0.717) is 31.6 Å². The Labute approximate surface area is 181 Å². The van der Waals surface area contributed by atoms with E-state index in [2.05, 4.69) is 15.2 Å². The van der Waals surface area contributed by atoms with Crippen LogP contribution in [-0.4, -0.2) is 71.8 Å². The molecule has 3 heterocycles. The number of benzene rings is 1. The third-order valence-corrected chi connectivity index (χ3v) is 5.80. The third-order valence-electron chi connectivity index (χ3n) is 5.80. The fourth-order valence-corrected chi connectivity index (χ4v) is 3.99. The smallest absolute Gasteiger partial charge is 0.251 e. The highest BCUT2D eigenvalue weighted by atomic mass is 16.2. The Hall–Kier alpha value is -3.26. The molecule has 1 aromatic heterocycles. The summed E-state index contributed by atoms with van der Waals surface area (Å²) in [5, 5.41) is 2.71. The standard InChI is InChI=1S/C23H27N5O3/c29-21-2-1-11-28(21)20-5-3-19(4-6-20)23(31)25-16-22(30)27-14-12-26(13-15-27)17-18-7-9-24-10-8-18/h3-10H,1-2,11-17H2,(H,25,31). The van der Waals surface area contributed by atoms with Gasteiger partial charge in [-0.15, -0.1) is 0 Å². The molecule has 8 heteroatoms. The molecule has 31 heavy (non-hydrogen) atoms. The lowest BCUT2D eigenvalue weighted by Crippen LogP contribution is -2.50. The van der Waals surface area contributed by atoms with Crippen molar-refractivity contribution < 1.29 is 14.4 Å². The van der Waals surface area contributed by atoms with Crippen LogP contribution in [0.3, 0.4) is 0 Å². The van der Waals surface area contributed by atoms with Gasteiger partial charge in [0.1, 0.15) is 0 Å². The maximum absolute atomic E-state index is 12.5. The highest BCUT2D eigenvalue weighted by molar-refractivity contribution is 5.98. The second kappa shape index (κ2) is 9.70. The molecule has 3 amide bonds. The summed E-state index contributed by atoms with van der Waals surface area (Å²) in [6.07, 6.45) is 5.01. The first kappa shape index (κ1) is 21.0. The maximum atomic E-state index is 12.5. The molecule has 162 valence electrons. The van der Waals surface area contributed by atoms with Gasteiger partial charge >= 0.3 is 0 Å². The molecule has 0 saturated carbocycles. The summed E-state index contributed by atoms with van der Waals surface area (Å²) in [4.78, 5) is 46.6. The summed E-state index contributed by atoms with van der Waals surface area (Å²) in [6, 6.07) is 11.0. The first-order valence-corrected chi connectivity index (χ1v) is 10.7. The second-order valence-electron chi connectivity index (χ2n) is 7.89. The van der Waals surface area contributed by atoms with E-state index in [4.69, 9.17) is 0 Å². The fourth-order valence-electron chi connectivity index (χ4n) is 3.99. The van der Waals surface area contributed by atoms with E-state index in [0.717, 1.165) is 31.7 Å². The number of hydrogen-bond acceptors (Lipinski definition) is 5. The predicted molar refractivity (Wildman–Crippen MR) is 116 cm³/mol. The topological polar surface area (TPSA) is 85.8 Å². The van der Waals surface area contributed by atoms with Gasteiger partial charge < -0.3 is 15.1 Å². The number of hydrogen-bond donors (Lipinski definition) is 1. The number of pyridine rings is 1. The number of amides is 3. The highest BCUT2D eigenvalue weighted by Crippen LogP contribution is 2.21. The molecule has 0 radical (unpaired) electrons.